The van der Waals surface area contributed by atoms with Crippen LogP contribution in [-0.2, 0) is 11.3 Å². The molecule has 0 saturated carbocycles. The second kappa shape index (κ2) is 5.00. The molecule has 5 heteroatoms. The average molecular weight is 272 g/mol. The number of carboxylic acid groups (broad SMARTS) is 1. The number of aromatic nitrogens is 1. The fourth-order valence-corrected chi connectivity index (χ4v) is 2.76. The third kappa shape index (κ3) is 2.15. The van der Waals surface area contributed by atoms with Crippen molar-refractivity contribution in [1.82, 2.24) is 9.47 Å². The standard InChI is InChI=1S/C15H16N2O3/c18-14(16-7-3-4-8-16)10-17-12-6-2-1-5-11(12)9-13(17)15(19)20/h1-2,5-6,9H,3-4,7-8,10H2,(H,19,20). The van der Waals surface area contributed by atoms with Crippen LogP contribution in [0.4, 0.5) is 0 Å². The molecular formula is C15H16N2O3. The van der Waals surface area contributed by atoms with Crippen LogP contribution in [0, 0.1) is 0 Å². The molecule has 1 aliphatic rings. The van der Waals surface area contributed by atoms with Gasteiger partial charge in [0.15, 0.2) is 0 Å². The molecule has 5 nitrogen and oxygen atoms in total. The SMILES string of the molecule is O=C(O)c1cc2ccccc2n1CC(=O)N1CCCC1. The summed E-state index contributed by atoms with van der Waals surface area (Å²) in [5, 5.41) is 10.1. The summed E-state index contributed by atoms with van der Waals surface area (Å²) in [5.41, 5.74) is 0.955. The van der Waals surface area contributed by atoms with Crippen LogP contribution in [0.5, 0.6) is 0 Å². The summed E-state index contributed by atoms with van der Waals surface area (Å²) in [7, 11) is 0. The van der Waals surface area contributed by atoms with E-state index < -0.39 is 5.97 Å². The minimum atomic E-state index is -1.00. The summed E-state index contributed by atoms with van der Waals surface area (Å²) >= 11 is 0. The lowest BCUT2D eigenvalue weighted by molar-refractivity contribution is -0.130. The van der Waals surface area contributed by atoms with Gasteiger partial charge >= 0.3 is 5.97 Å². The molecular weight excluding hydrogens is 256 g/mol. The van der Waals surface area contributed by atoms with Gasteiger partial charge in [0.1, 0.15) is 12.2 Å². The number of carboxylic acids is 1. The molecule has 0 unspecified atom stereocenters. The van der Waals surface area contributed by atoms with Crippen LogP contribution in [0.15, 0.2) is 30.3 Å². The van der Waals surface area contributed by atoms with E-state index in [9.17, 15) is 14.7 Å². The van der Waals surface area contributed by atoms with E-state index in [0.717, 1.165) is 36.8 Å². The predicted molar refractivity (Wildman–Crippen MR) is 74.7 cm³/mol. The predicted octanol–water partition coefficient (Wildman–Crippen LogP) is 1.96. The number of para-hydroxylation sites is 1. The van der Waals surface area contributed by atoms with Crippen LogP contribution in [0.2, 0.25) is 0 Å². The lowest BCUT2D eigenvalue weighted by Crippen LogP contribution is -2.31. The quantitative estimate of drug-likeness (QED) is 0.929. The zero-order valence-electron chi connectivity index (χ0n) is 11.1. The fourth-order valence-electron chi connectivity index (χ4n) is 2.76. The molecule has 0 atom stereocenters. The van der Waals surface area contributed by atoms with Crippen LogP contribution in [0.3, 0.4) is 0 Å². The Hall–Kier alpha value is -2.30. The lowest BCUT2D eigenvalue weighted by atomic mass is 10.2. The van der Waals surface area contributed by atoms with Gasteiger partial charge in [0.2, 0.25) is 5.91 Å². The molecule has 1 aromatic carbocycles. The Kier molecular flexibility index (Phi) is 3.18. The second-order valence-electron chi connectivity index (χ2n) is 5.07. The Balaban J connectivity index is 1.98. The lowest BCUT2D eigenvalue weighted by Gasteiger charge is -2.16. The van der Waals surface area contributed by atoms with Gasteiger partial charge < -0.3 is 14.6 Å². The smallest absolute Gasteiger partial charge is 0.352 e. The van der Waals surface area contributed by atoms with Crippen LogP contribution >= 0.6 is 0 Å². The van der Waals surface area contributed by atoms with Crippen molar-refractivity contribution in [2.24, 2.45) is 0 Å². The minimum absolute atomic E-state index is 0.00801. The number of nitrogens with zero attached hydrogens (tertiary/aromatic N) is 2. The highest BCUT2D eigenvalue weighted by atomic mass is 16.4. The van der Waals surface area contributed by atoms with Crippen molar-refractivity contribution in [2.45, 2.75) is 19.4 Å². The molecule has 2 aromatic rings. The average Bonchev–Trinajstić information content (AvgIpc) is 3.06. The highest BCUT2D eigenvalue weighted by Crippen LogP contribution is 2.20. The van der Waals surface area contributed by atoms with E-state index in [1.54, 1.807) is 15.5 Å². The first kappa shape index (κ1) is 12.7. The Morgan fingerprint density at radius 3 is 2.55 bits per heavy atom. The van der Waals surface area contributed by atoms with Crippen molar-refractivity contribution in [3.05, 3.63) is 36.0 Å². The van der Waals surface area contributed by atoms with Crippen molar-refractivity contribution in [3.8, 4) is 0 Å². The van der Waals surface area contributed by atoms with Gasteiger partial charge in [0.05, 0.1) is 0 Å². The first-order valence-corrected chi connectivity index (χ1v) is 6.76. The fraction of sp³-hybridized carbons (Fsp3) is 0.333. The molecule has 1 aliphatic heterocycles. The zero-order chi connectivity index (χ0) is 14.1. The number of carbonyl (C=O) groups excluding carboxylic acids is 1. The van der Waals surface area contributed by atoms with E-state index in [1.165, 1.54) is 0 Å². The third-order valence-corrected chi connectivity index (χ3v) is 3.78. The van der Waals surface area contributed by atoms with Crippen molar-refractivity contribution >= 4 is 22.8 Å². The van der Waals surface area contributed by atoms with Crippen molar-refractivity contribution < 1.29 is 14.7 Å². The van der Waals surface area contributed by atoms with Crippen LogP contribution in [0.25, 0.3) is 10.9 Å². The molecule has 0 spiro atoms. The summed E-state index contributed by atoms with van der Waals surface area (Å²) in [4.78, 5) is 25.4. The van der Waals surface area contributed by atoms with E-state index in [4.69, 9.17) is 0 Å². The number of aromatic carboxylic acids is 1. The molecule has 1 N–H and O–H groups in total. The number of amides is 1. The summed E-state index contributed by atoms with van der Waals surface area (Å²) in [6, 6.07) is 9.04. The van der Waals surface area contributed by atoms with E-state index in [-0.39, 0.29) is 18.1 Å². The third-order valence-electron chi connectivity index (χ3n) is 3.78. The van der Waals surface area contributed by atoms with Crippen molar-refractivity contribution in [3.63, 3.8) is 0 Å². The Labute approximate surface area is 116 Å². The number of carbonyl (C=O) groups is 2. The van der Waals surface area contributed by atoms with E-state index >= 15 is 0 Å². The number of hydrogen-bond acceptors (Lipinski definition) is 2. The minimum Gasteiger partial charge on any atom is -0.477 e. The maximum Gasteiger partial charge on any atom is 0.352 e. The zero-order valence-corrected chi connectivity index (χ0v) is 11.1. The first-order chi connectivity index (χ1) is 9.66. The van der Waals surface area contributed by atoms with E-state index in [2.05, 4.69) is 0 Å². The van der Waals surface area contributed by atoms with Crippen LogP contribution in [-0.4, -0.2) is 39.5 Å². The van der Waals surface area contributed by atoms with Crippen LogP contribution in [0.1, 0.15) is 23.3 Å². The Bertz CT molecular complexity index is 669. The number of hydrogen-bond donors (Lipinski definition) is 1. The molecule has 104 valence electrons. The number of benzene rings is 1. The highest BCUT2D eigenvalue weighted by molar-refractivity contribution is 5.95. The second-order valence-corrected chi connectivity index (χ2v) is 5.07. The summed E-state index contributed by atoms with van der Waals surface area (Å²) in [5.74, 6) is -1.01. The molecule has 1 fully saturated rings. The number of rotatable bonds is 3. The van der Waals surface area contributed by atoms with Gasteiger partial charge in [-0.3, -0.25) is 4.79 Å². The van der Waals surface area contributed by atoms with Crippen molar-refractivity contribution in [2.75, 3.05) is 13.1 Å². The van der Waals surface area contributed by atoms with Gasteiger partial charge in [0.25, 0.3) is 0 Å². The first-order valence-electron chi connectivity index (χ1n) is 6.76. The molecule has 0 bridgehead atoms. The summed E-state index contributed by atoms with van der Waals surface area (Å²) in [6.07, 6.45) is 2.06. The van der Waals surface area contributed by atoms with E-state index in [1.807, 2.05) is 24.3 Å². The number of fused-ring (bicyclic) bond motifs is 1. The monoisotopic (exact) mass is 272 g/mol. The van der Waals surface area contributed by atoms with Gasteiger partial charge in [-0.2, -0.15) is 0 Å². The normalized spacial score (nSPS) is 14.9. The van der Waals surface area contributed by atoms with Crippen LogP contribution < -0.4 is 0 Å². The summed E-state index contributed by atoms with van der Waals surface area (Å²) in [6.45, 7) is 1.65. The maximum atomic E-state index is 12.2. The number of likely N-dealkylation sites (tertiary alicyclic amines) is 1. The Morgan fingerprint density at radius 2 is 1.85 bits per heavy atom. The largest absolute Gasteiger partial charge is 0.477 e. The summed E-state index contributed by atoms with van der Waals surface area (Å²) < 4.78 is 1.60. The molecule has 1 aromatic heterocycles. The highest BCUT2D eigenvalue weighted by Gasteiger charge is 2.21. The van der Waals surface area contributed by atoms with Gasteiger partial charge in [-0.05, 0) is 25.0 Å². The molecule has 0 radical (unpaired) electrons. The van der Waals surface area contributed by atoms with Gasteiger partial charge in [-0.25, -0.2) is 4.79 Å². The maximum absolute atomic E-state index is 12.2. The van der Waals surface area contributed by atoms with Crippen molar-refractivity contribution in [1.29, 1.82) is 0 Å². The molecule has 1 amide bonds. The molecule has 0 aliphatic carbocycles. The topological polar surface area (TPSA) is 62.5 Å². The molecule has 3 rings (SSSR count). The molecule has 20 heavy (non-hydrogen) atoms. The van der Waals surface area contributed by atoms with E-state index in [0.29, 0.717) is 0 Å². The van der Waals surface area contributed by atoms with Gasteiger partial charge in [0, 0.05) is 24.0 Å². The van der Waals surface area contributed by atoms with Gasteiger partial charge in [-0.15, -0.1) is 0 Å². The Morgan fingerprint density at radius 1 is 1.15 bits per heavy atom. The molecule has 1 saturated heterocycles. The van der Waals surface area contributed by atoms with Gasteiger partial charge in [-0.1, -0.05) is 18.2 Å². The molecule has 2 heterocycles.